The van der Waals surface area contributed by atoms with Gasteiger partial charge in [-0.05, 0) is 31.4 Å². The van der Waals surface area contributed by atoms with Crippen molar-refractivity contribution in [1.29, 1.82) is 0 Å². The number of benzene rings is 1. The molecular weight excluding hydrogens is 382 g/mol. The number of aliphatic hydroxyl groups is 1. The molecule has 0 unspecified atom stereocenters. The van der Waals surface area contributed by atoms with Gasteiger partial charge in [0.05, 0.1) is 24.0 Å². The molecule has 0 saturated carbocycles. The number of aromatic amines is 1. The SMILES string of the molecule is O=C(c1cc2ccccc2[nH]1)N1CCC[C@H](n2ncc(N3CC[C@H](O)C3)cc2=O)C1. The van der Waals surface area contributed by atoms with Gasteiger partial charge in [0.25, 0.3) is 11.5 Å². The third-order valence-corrected chi connectivity index (χ3v) is 6.13. The number of anilines is 1. The number of carbonyl (C=O) groups excluding carboxylic acids is 1. The molecule has 4 heterocycles. The van der Waals surface area contributed by atoms with Crippen LogP contribution in [0.5, 0.6) is 0 Å². The number of aromatic nitrogens is 3. The van der Waals surface area contributed by atoms with Crippen molar-refractivity contribution in [3.05, 3.63) is 58.6 Å². The van der Waals surface area contributed by atoms with E-state index in [1.807, 2.05) is 35.2 Å². The first kappa shape index (κ1) is 18.9. The molecule has 0 spiro atoms. The Bertz CT molecular complexity index is 1100. The second-order valence-corrected chi connectivity index (χ2v) is 8.20. The van der Waals surface area contributed by atoms with Gasteiger partial charge in [-0.3, -0.25) is 9.59 Å². The summed E-state index contributed by atoms with van der Waals surface area (Å²) in [5.41, 5.74) is 2.09. The number of carbonyl (C=O) groups is 1. The zero-order valence-corrected chi connectivity index (χ0v) is 16.7. The number of β-amino-alcohol motifs (C(OH)–C–C–N with tert-alkyl or cyclic N) is 1. The number of H-pyrrole nitrogens is 1. The highest BCUT2D eigenvalue weighted by Gasteiger charge is 2.28. The Morgan fingerprint density at radius 1 is 1.13 bits per heavy atom. The van der Waals surface area contributed by atoms with E-state index < -0.39 is 0 Å². The minimum atomic E-state index is -0.352. The summed E-state index contributed by atoms with van der Waals surface area (Å²) in [6.45, 7) is 2.38. The molecule has 156 valence electrons. The summed E-state index contributed by atoms with van der Waals surface area (Å²) in [5, 5.41) is 15.1. The molecule has 8 nitrogen and oxygen atoms in total. The predicted octanol–water partition coefficient (Wildman–Crippen LogP) is 1.77. The molecule has 2 atom stereocenters. The van der Waals surface area contributed by atoms with Crippen LogP contribution in [0.2, 0.25) is 0 Å². The molecule has 0 bridgehead atoms. The minimum Gasteiger partial charge on any atom is -0.391 e. The van der Waals surface area contributed by atoms with Crippen molar-refractivity contribution in [3.63, 3.8) is 0 Å². The van der Waals surface area contributed by atoms with Crippen molar-refractivity contribution in [1.82, 2.24) is 19.7 Å². The Morgan fingerprint density at radius 2 is 2.00 bits per heavy atom. The number of hydrogen-bond donors (Lipinski definition) is 2. The van der Waals surface area contributed by atoms with Crippen LogP contribution < -0.4 is 10.5 Å². The van der Waals surface area contributed by atoms with E-state index in [4.69, 9.17) is 0 Å². The highest BCUT2D eigenvalue weighted by molar-refractivity contribution is 5.98. The van der Waals surface area contributed by atoms with Crippen LogP contribution in [-0.2, 0) is 0 Å². The van der Waals surface area contributed by atoms with Gasteiger partial charge < -0.3 is 19.9 Å². The zero-order chi connectivity index (χ0) is 20.7. The largest absolute Gasteiger partial charge is 0.391 e. The van der Waals surface area contributed by atoms with E-state index in [0.29, 0.717) is 31.7 Å². The van der Waals surface area contributed by atoms with Crippen LogP contribution in [0.3, 0.4) is 0 Å². The monoisotopic (exact) mass is 407 g/mol. The molecule has 2 aromatic heterocycles. The van der Waals surface area contributed by atoms with Crippen LogP contribution in [0.1, 0.15) is 35.8 Å². The lowest BCUT2D eigenvalue weighted by atomic mass is 10.1. The van der Waals surface area contributed by atoms with Crippen LogP contribution in [-0.4, -0.2) is 63.0 Å². The van der Waals surface area contributed by atoms with Crippen LogP contribution in [0.25, 0.3) is 10.9 Å². The first-order chi connectivity index (χ1) is 14.6. The van der Waals surface area contributed by atoms with Gasteiger partial charge in [0, 0.05) is 43.1 Å². The van der Waals surface area contributed by atoms with Gasteiger partial charge in [-0.1, -0.05) is 18.2 Å². The molecular formula is C22H25N5O3. The van der Waals surface area contributed by atoms with Crippen LogP contribution in [0.4, 0.5) is 5.69 Å². The average molecular weight is 407 g/mol. The molecule has 3 aromatic rings. The Labute approximate surface area is 173 Å². The van der Waals surface area contributed by atoms with E-state index in [-0.39, 0.29) is 23.6 Å². The first-order valence-electron chi connectivity index (χ1n) is 10.5. The Hall–Kier alpha value is -3.13. The van der Waals surface area contributed by atoms with Gasteiger partial charge in [0.1, 0.15) is 5.69 Å². The number of aliphatic hydroxyl groups excluding tert-OH is 1. The highest BCUT2D eigenvalue weighted by Crippen LogP contribution is 2.24. The number of fused-ring (bicyclic) bond motifs is 1. The molecule has 30 heavy (non-hydrogen) atoms. The van der Waals surface area contributed by atoms with Crippen molar-refractivity contribution in [2.75, 3.05) is 31.1 Å². The number of nitrogens with zero attached hydrogens (tertiary/aromatic N) is 4. The summed E-state index contributed by atoms with van der Waals surface area (Å²) in [4.78, 5) is 32.8. The van der Waals surface area contributed by atoms with Crippen molar-refractivity contribution >= 4 is 22.5 Å². The van der Waals surface area contributed by atoms with E-state index >= 15 is 0 Å². The minimum absolute atomic E-state index is 0.0494. The number of amides is 1. The van der Waals surface area contributed by atoms with E-state index in [1.165, 1.54) is 4.68 Å². The van der Waals surface area contributed by atoms with Gasteiger partial charge in [-0.2, -0.15) is 5.10 Å². The lowest BCUT2D eigenvalue weighted by molar-refractivity contribution is 0.0665. The third-order valence-electron chi connectivity index (χ3n) is 6.13. The molecule has 5 rings (SSSR count). The average Bonchev–Trinajstić information content (AvgIpc) is 3.39. The number of piperidine rings is 1. The second-order valence-electron chi connectivity index (χ2n) is 8.20. The summed E-state index contributed by atoms with van der Waals surface area (Å²) >= 11 is 0. The van der Waals surface area contributed by atoms with Crippen molar-refractivity contribution in [2.45, 2.75) is 31.4 Å². The van der Waals surface area contributed by atoms with E-state index in [2.05, 4.69) is 10.1 Å². The standard InChI is InChI=1S/C22H25N5O3/c28-18-7-9-25(14-18)17-11-21(29)27(23-12-17)16-5-3-8-26(13-16)22(30)20-10-15-4-1-2-6-19(15)24-20/h1-2,4,6,10-12,16,18,24,28H,3,5,7-9,13-14H2/t16-,18-/m0/s1. The molecule has 2 fully saturated rings. The molecule has 2 aliphatic heterocycles. The molecule has 1 aromatic carbocycles. The van der Waals surface area contributed by atoms with Crippen molar-refractivity contribution in [2.24, 2.45) is 0 Å². The maximum absolute atomic E-state index is 13.0. The van der Waals surface area contributed by atoms with Gasteiger partial charge in [0.15, 0.2) is 0 Å². The van der Waals surface area contributed by atoms with Crippen LogP contribution in [0, 0.1) is 0 Å². The lowest BCUT2D eigenvalue weighted by Gasteiger charge is -2.33. The number of rotatable bonds is 3. The lowest BCUT2D eigenvalue weighted by Crippen LogP contribution is -2.43. The quantitative estimate of drug-likeness (QED) is 0.690. The molecule has 2 N–H and O–H groups in total. The molecule has 1 amide bonds. The molecule has 0 aliphatic carbocycles. The maximum Gasteiger partial charge on any atom is 0.270 e. The van der Waals surface area contributed by atoms with Crippen LogP contribution in [0.15, 0.2) is 47.4 Å². The number of para-hydroxylation sites is 1. The Kier molecular flexibility index (Phi) is 4.78. The van der Waals surface area contributed by atoms with Gasteiger partial charge in [0.2, 0.25) is 0 Å². The maximum atomic E-state index is 13.0. The fourth-order valence-corrected chi connectivity index (χ4v) is 4.53. The highest BCUT2D eigenvalue weighted by atomic mass is 16.3. The van der Waals surface area contributed by atoms with Gasteiger partial charge >= 0.3 is 0 Å². The van der Waals surface area contributed by atoms with Crippen molar-refractivity contribution in [3.8, 4) is 0 Å². The fourth-order valence-electron chi connectivity index (χ4n) is 4.53. The molecule has 8 heteroatoms. The summed E-state index contributed by atoms with van der Waals surface area (Å²) in [7, 11) is 0. The normalized spacial score (nSPS) is 22.0. The number of nitrogens with one attached hydrogen (secondary N) is 1. The summed E-state index contributed by atoms with van der Waals surface area (Å²) in [6.07, 6.45) is 3.68. The first-order valence-corrected chi connectivity index (χ1v) is 10.5. The molecule has 0 radical (unpaired) electrons. The number of likely N-dealkylation sites (tertiary alicyclic amines) is 1. The fraction of sp³-hybridized carbons (Fsp3) is 0.409. The van der Waals surface area contributed by atoms with E-state index in [1.54, 1.807) is 17.2 Å². The summed E-state index contributed by atoms with van der Waals surface area (Å²) in [5.74, 6) is -0.0494. The van der Waals surface area contributed by atoms with Gasteiger partial charge in [-0.25, -0.2) is 4.68 Å². The predicted molar refractivity (Wildman–Crippen MR) is 114 cm³/mol. The van der Waals surface area contributed by atoms with Gasteiger partial charge in [-0.15, -0.1) is 0 Å². The third kappa shape index (κ3) is 3.47. The summed E-state index contributed by atoms with van der Waals surface area (Å²) in [6, 6.07) is 11.1. The Balaban J connectivity index is 1.33. The topological polar surface area (TPSA) is 94.5 Å². The van der Waals surface area contributed by atoms with E-state index in [0.717, 1.165) is 36.0 Å². The van der Waals surface area contributed by atoms with E-state index in [9.17, 15) is 14.7 Å². The smallest absolute Gasteiger partial charge is 0.270 e. The summed E-state index contributed by atoms with van der Waals surface area (Å²) < 4.78 is 1.50. The second kappa shape index (κ2) is 7.60. The zero-order valence-electron chi connectivity index (χ0n) is 16.7. The molecule has 2 aliphatic rings. The Morgan fingerprint density at radius 3 is 2.77 bits per heavy atom. The number of hydrogen-bond acceptors (Lipinski definition) is 5. The van der Waals surface area contributed by atoms with Crippen LogP contribution >= 0.6 is 0 Å². The van der Waals surface area contributed by atoms with Crippen molar-refractivity contribution < 1.29 is 9.90 Å². The molecule has 2 saturated heterocycles.